The van der Waals surface area contributed by atoms with Gasteiger partial charge in [0.05, 0.1) is 6.54 Å². The van der Waals surface area contributed by atoms with E-state index in [1.54, 1.807) is 4.90 Å². The SMILES string of the molecule is O=C(NO)[C@H](CN=S(=O)=O)N1CCN(C(=O)O)CC1. The molecule has 0 aromatic heterocycles. The maximum Gasteiger partial charge on any atom is 0.407 e. The molecule has 0 aliphatic carbocycles. The van der Waals surface area contributed by atoms with Crippen LogP contribution in [-0.2, 0) is 15.3 Å². The molecule has 1 fully saturated rings. The summed E-state index contributed by atoms with van der Waals surface area (Å²) < 4.78 is 23.9. The fraction of sp³-hybridized carbons (Fsp3) is 0.750. The van der Waals surface area contributed by atoms with Crippen LogP contribution in [0.5, 0.6) is 0 Å². The lowest BCUT2D eigenvalue weighted by molar-refractivity contribution is -0.135. The van der Waals surface area contributed by atoms with E-state index in [2.05, 4.69) is 4.36 Å². The molecule has 1 rings (SSSR count). The van der Waals surface area contributed by atoms with Crippen LogP contribution in [0, 0.1) is 0 Å². The summed E-state index contributed by atoms with van der Waals surface area (Å²) in [6.45, 7) is 0.586. The fourth-order valence-corrected chi connectivity index (χ4v) is 2.06. The molecule has 1 aliphatic rings. The van der Waals surface area contributed by atoms with Gasteiger partial charge in [0.1, 0.15) is 6.04 Å². The highest BCUT2D eigenvalue weighted by Crippen LogP contribution is 2.07. The molecule has 19 heavy (non-hydrogen) atoms. The van der Waals surface area contributed by atoms with Gasteiger partial charge in [-0.1, -0.05) is 0 Å². The first-order valence-corrected chi connectivity index (χ1v) is 6.41. The van der Waals surface area contributed by atoms with Crippen LogP contribution in [0.25, 0.3) is 0 Å². The van der Waals surface area contributed by atoms with E-state index in [4.69, 9.17) is 10.3 Å². The molecule has 1 aliphatic heterocycles. The van der Waals surface area contributed by atoms with E-state index >= 15 is 0 Å². The van der Waals surface area contributed by atoms with Gasteiger partial charge in [-0.15, -0.1) is 0 Å². The van der Waals surface area contributed by atoms with Crippen molar-refractivity contribution in [3.05, 3.63) is 0 Å². The van der Waals surface area contributed by atoms with Gasteiger partial charge < -0.3 is 10.0 Å². The molecule has 11 heteroatoms. The molecular formula is C8H14N4O6S. The molecule has 3 N–H and O–H groups in total. The van der Waals surface area contributed by atoms with Crippen LogP contribution >= 0.6 is 0 Å². The molecular weight excluding hydrogens is 280 g/mol. The van der Waals surface area contributed by atoms with Crippen LogP contribution < -0.4 is 5.48 Å². The Morgan fingerprint density at radius 2 is 1.84 bits per heavy atom. The number of rotatable bonds is 4. The second kappa shape index (κ2) is 7.01. The molecule has 108 valence electrons. The number of piperazine rings is 1. The summed E-state index contributed by atoms with van der Waals surface area (Å²) in [5.41, 5.74) is 1.45. The Bertz CT molecular complexity index is 462. The predicted octanol–water partition coefficient (Wildman–Crippen LogP) is -1.78. The largest absolute Gasteiger partial charge is 0.465 e. The summed E-state index contributed by atoms with van der Waals surface area (Å²) in [7, 11) is -2.64. The Balaban J connectivity index is 2.69. The van der Waals surface area contributed by atoms with E-state index in [9.17, 15) is 18.0 Å². The monoisotopic (exact) mass is 294 g/mol. The van der Waals surface area contributed by atoms with Crippen LogP contribution in [0.3, 0.4) is 0 Å². The van der Waals surface area contributed by atoms with E-state index < -0.39 is 28.5 Å². The van der Waals surface area contributed by atoms with Crippen LogP contribution in [-0.4, -0.2) is 79.3 Å². The maximum absolute atomic E-state index is 11.4. The summed E-state index contributed by atoms with van der Waals surface area (Å²) in [5, 5.41) is 17.4. The van der Waals surface area contributed by atoms with Crippen molar-refractivity contribution in [2.45, 2.75) is 6.04 Å². The Morgan fingerprint density at radius 1 is 1.26 bits per heavy atom. The lowest BCUT2D eigenvalue weighted by atomic mass is 10.2. The highest BCUT2D eigenvalue weighted by atomic mass is 32.2. The van der Waals surface area contributed by atoms with Gasteiger partial charge in [-0.2, -0.15) is 12.8 Å². The molecule has 1 heterocycles. The van der Waals surface area contributed by atoms with Crippen molar-refractivity contribution in [2.24, 2.45) is 4.36 Å². The summed E-state index contributed by atoms with van der Waals surface area (Å²) >= 11 is 0. The average molecular weight is 294 g/mol. The third-order valence-electron chi connectivity index (χ3n) is 2.79. The molecule has 0 spiro atoms. The van der Waals surface area contributed by atoms with Gasteiger partial charge in [0.15, 0.2) is 0 Å². The standard InChI is InChI=1S/C8H14N4O6S/c13-7(10-16)6(5-9-19(17)18)11-1-3-12(4-2-11)8(14)15/h6,16H,1-5H2,(H,10,13)(H,14,15)/t6-/m0/s1. The topological polar surface area (TPSA) is 140 Å². The van der Waals surface area contributed by atoms with Gasteiger partial charge in [-0.3, -0.25) is 14.9 Å². The number of hydrogen-bond donors (Lipinski definition) is 3. The van der Waals surface area contributed by atoms with Crippen LogP contribution in [0.2, 0.25) is 0 Å². The first-order valence-electron chi connectivity index (χ1n) is 5.38. The summed E-state index contributed by atoms with van der Waals surface area (Å²) in [4.78, 5) is 24.9. The maximum atomic E-state index is 11.4. The minimum absolute atomic E-state index is 0.199. The number of carboxylic acid groups (broad SMARTS) is 1. The minimum Gasteiger partial charge on any atom is -0.465 e. The lowest BCUT2D eigenvalue weighted by Gasteiger charge is -2.36. The number of hydrogen-bond acceptors (Lipinski definition) is 7. The molecule has 2 amide bonds. The molecule has 0 aromatic carbocycles. The van der Waals surface area contributed by atoms with Crippen molar-refractivity contribution in [3.8, 4) is 0 Å². The summed E-state index contributed by atoms with van der Waals surface area (Å²) in [5.74, 6) is -0.780. The minimum atomic E-state index is -2.64. The molecule has 0 radical (unpaired) electrons. The van der Waals surface area contributed by atoms with Gasteiger partial charge in [0, 0.05) is 26.2 Å². The number of amides is 2. The molecule has 10 nitrogen and oxygen atoms in total. The van der Waals surface area contributed by atoms with E-state index in [1.807, 2.05) is 0 Å². The second-order valence-electron chi connectivity index (χ2n) is 3.83. The lowest BCUT2D eigenvalue weighted by Crippen LogP contribution is -2.56. The van der Waals surface area contributed by atoms with Crippen molar-refractivity contribution >= 4 is 22.5 Å². The molecule has 1 atom stereocenters. The second-order valence-corrected chi connectivity index (χ2v) is 4.52. The third-order valence-corrected chi connectivity index (χ3v) is 3.15. The quantitative estimate of drug-likeness (QED) is 0.411. The average Bonchev–Trinajstić information content (AvgIpc) is 2.38. The molecule has 0 saturated carbocycles. The molecule has 0 bridgehead atoms. The zero-order chi connectivity index (χ0) is 14.4. The third kappa shape index (κ3) is 4.46. The van der Waals surface area contributed by atoms with Gasteiger partial charge >= 0.3 is 16.6 Å². The highest BCUT2D eigenvalue weighted by Gasteiger charge is 2.30. The smallest absolute Gasteiger partial charge is 0.407 e. The van der Waals surface area contributed by atoms with Gasteiger partial charge in [-0.25, -0.2) is 10.3 Å². The zero-order valence-electron chi connectivity index (χ0n) is 9.89. The predicted molar refractivity (Wildman–Crippen MR) is 61.1 cm³/mol. The van der Waals surface area contributed by atoms with E-state index in [-0.39, 0.29) is 32.7 Å². The normalized spacial score (nSPS) is 17.6. The molecule has 1 saturated heterocycles. The summed E-state index contributed by atoms with van der Waals surface area (Å²) in [6.07, 6.45) is -1.05. The number of nitrogens with zero attached hydrogens (tertiary/aromatic N) is 3. The number of hydroxylamine groups is 1. The fourth-order valence-electron chi connectivity index (χ4n) is 1.80. The van der Waals surface area contributed by atoms with Crippen molar-refractivity contribution in [3.63, 3.8) is 0 Å². The van der Waals surface area contributed by atoms with Crippen molar-refractivity contribution in [1.82, 2.24) is 15.3 Å². The molecule has 0 aromatic rings. The highest BCUT2D eigenvalue weighted by molar-refractivity contribution is 7.61. The van der Waals surface area contributed by atoms with Gasteiger partial charge in [0.2, 0.25) is 0 Å². The van der Waals surface area contributed by atoms with E-state index in [0.717, 1.165) is 0 Å². The first kappa shape index (κ1) is 15.3. The number of carbonyl (C=O) groups is 2. The van der Waals surface area contributed by atoms with Crippen molar-refractivity contribution in [2.75, 3.05) is 32.7 Å². The number of nitrogens with one attached hydrogen (secondary N) is 1. The zero-order valence-corrected chi connectivity index (χ0v) is 10.7. The van der Waals surface area contributed by atoms with Gasteiger partial charge in [-0.05, 0) is 0 Å². The Hall–Kier alpha value is -1.72. The summed E-state index contributed by atoms with van der Waals surface area (Å²) in [6, 6.07) is -0.946. The van der Waals surface area contributed by atoms with Crippen LogP contribution in [0.1, 0.15) is 0 Å². The Kier molecular flexibility index (Phi) is 5.66. The first-order chi connectivity index (χ1) is 8.95. The van der Waals surface area contributed by atoms with E-state index in [0.29, 0.717) is 0 Å². The van der Waals surface area contributed by atoms with Crippen molar-refractivity contribution < 1.29 is 28.3 Å². The van der Waals surface area contributed by atoms with Crippen LogP contribution in [0.15, 0.2) is 4.36 Å². The number of carbonyl (C=O) groups excluding carboxylic acids is 1. The Morgan fingerprint density at radius 3 is 2.26 bits per heavy atom. The van der Waals surface area contributed by atoms with E-state index in [1.165, 1.54) is 10.4 Å². The van der Waals surface area contributed by atoms with Crippen LogP contribution in [0.4, 0.5) is 4.79 Å². The van der Waals surface area contributed by atoms with Crippen molar-refractivity contribution in [1.29, 1.82) is 0 Å². The van der Waals surface area contributed by atoms with Gasteiger partial charge in [0.25, 0.3) is 5.91 Å². The molecule has 0 unspecified atom stereocenters. The Labute approximate surface area is 110 Å².